The summed E-state index contributed by atoms with van der Waals surface area (Å²) in [5.74, 6) is 1.70. The van der Waals surface area contributed by atoms with Crippen LogP contribution in [-0.2, 0) is 4.74 Å². The molecule has 1 aromatic heterocycles. The molecule has 0 spiro atoms. The van der Waals surface area contributed by atoms with Crippen molar-refractivity contribution in [3.63, 3.8) is 0 Å². The van der Waals surface area contributed by atoms with Crippen molar-refractivity contribution in [2.45, 2.75) is 45.8 Å². The van der Waals surface area contributed by atoms with Crippen molar-refractivity contribution >= 4 is 5.82 Å². The molecule has 2 atom stereocenters. The zero-order chi connectivity index (χ0) is 11.8. The second kappa shape index (κ2) is 4.01. The number of aromatic nitrogens is 2. The van der Waals surface area contributed by atoms with E-state index in [1.54, 1.807) is 0 Å². The van der Waals surface area contributed by atoms with E-state index in [9.17, 15) is 0 Å². The van der Waals surface area contributed by atoms with E-state index in [-0.39, 0.29) is 11.6 Å². The van der Waals surface area contributed by atoms with Crippen LogP contribution in [0.5, 0.6) is 0 Å². The molecule has 0 bridgehead atoms. The van der Waals surface area contributed by atoms with Gasteiger partial charge in [-0.2, -0.15) is 0 Å². The van der Waals surface area contributed by atoms with Gasteiger partial charge in [-0.25, -0.2) is 9.97 Å². The van der Waals surface area contributed by atoms with E-state index in [1.807, 2.05) is 19.9 Å². The summed E-state index contributed by atoms with van der Waals surface area (Å²) in [7, 11) is 0. The van der Waals surface area contributed by atoms with E-state index < -0.39 is 0 Å². The van der Waals surface area contributed by atoms with Gasteiger partial charge >= 0.3 is 0 Å². The fraction of sp³-hybridized carbons (Fsp3) is 0.667. The maximum atomic E-state index is 5.60. The Labute approximate surface area is 96.4 Å². The van der Waals surface area contributed by atoms with E-state index in [2.05, 4.69) is 29.1 Å². The minimum Gasteiger partial charge on any atom is -0.376 e. The number of ether oxygens (including phenoxy) is 1. The van der Waals surface area contributed by atoms with Gasteiger partial charge in [0.25, 0.3) is 0 Å². The van der Waals surface area contributed by atoms with Crippen molar-refractivity contribution in [2.75, 3.05) is 11.9 Å². The average Bonchev–Trinajstić information content (AvgIpc) is 2.44. The fourth-order valence-corrected chi connectivity index (χ4v) is 2.07. The van der Waals surface area contributed by atoms with Crippen LogP contribution in [-0.4, -0.2) is 28.2 Å². The summed E-state index contributed by atoms with van der Waals surface area (Å²) in [5, 5.41) is 3.47. The Morgan fingerprint density at radius 2 is 2.19 bits per heavy atom. The van der Waals surface area contributed by atoms with Crippen molar-refractivity contribution in [3.8, 4) is 0 Å². The SMILES string of the molecule is Cc1cc(NC2(C)CCOC2C)nc(C)n1. The molecule has 4 nitrogen and oxygen atoms in total. The zero-order valence-electron chi connectivity index (χ0n) is 10.4. The highest BCUT2D eigenvalue weighted by atomic mass is 16.5. The Morgan fingerprint density at radius 1 is 1.44 bits per heavy atom. The molecule has 1 aromatic rings. The van der Waals surface area contributed by atoms with Crippen LogP contribution in [0.4, 0.5) is 5.82 Å². The fourth-order valence-electron chi connectivity index (χ4n) is 2.07. The number of aryl methyl sites for hydroxylation is 2. The van der Waals surface area contributed by atoms with Crippen LogP contribution in [0, 0.1) is 13.8 Å². The van der Waals surface area contributed by atoms with E-state index >= 15 is 0 Å². The lowest BCUT2D eigenvalue weighted by Gasteiger charge is -2.29. The Hall–Kier alpha value is -1.16. The Morgan fingerprint density at radius 3 is 2.75 bits per heavy atom. The molecule has 1 N–H and O–H groups in total. The molecule has 1 saturated heterocycles. The van der Waals surface area contributed by atoms with Gasteiger partial charge in [-0.15, -0.1) is 0 Å². The van der Waals surface area contributed by atoms with E-state index in [1.165, 1.54) is 0 Å². The number of anilines is 1. The largest absolute Gasteiger partial charge is 0.376 e. The van der Waals surface area contributed by atoms with Crippen molar-refractivity contribution in [1.82, 2.24) is 9.97 Å². The lowest BCUT2D eigenvalue weighted by Crippen LogP contribution is -2.41. The van der Waals surface area contributed by atoms with Crippen molar-refractivity contribution in [1.29, 1.82) is 0 Å². The molecule has 4 heteroatoms. The van der Waals surface area contributed by atoms with E-state index in [0.29, 0.717) is 0 Å². The number of hydrogen-bond donors (Lipinski definition) is 1. The minimum atomic E-state index is -0.0206. The number of nitrogens with one attached hydrogen (secondary N) is 1. The first-order valence-corrected chi connectivity index (χ1v) is 5.72. The average molecular weight is 221 g/mol. The first-order valence-electron chi connectivity index (χ1n) is 5.72. The predicted molar refractivity (Wildman–Crippen MR) is 63.6 cm³/mol. The van der Waals surface area contributed by atoms with Gasteiger partial charge in [0.2, 0.25) is 0 Å². The Bertz CT molecular complexity index is 374. The van der Waals surface area contributed by atoms with Gasteiger partial charge in [-0.1, -0.05) is 0 Å². The van der Waals surface area contributed by atoms with Gasteiger partial charge in [0.1, 0.15) is 11.6 Å². The summed E-state index contributed by atoms with van der Waals surface area (Å²) in [6, 6.07) is 1.98. The highest BCUT2D eigenvalue weighted by Gasteiger charge is 2.37. The molecule has 1 aliphatic rings. The Kier molecular flexibility index (Phi) is 2.84. The minimum absolute atomic E-state index is 0.0206. The van der Waals surface area contributed by atoms with Crippen LogP contribution in [0.2, 0.25) is 0 Å². The Balaban J connectivity index is 2.20. The molecule has 0 amide bonds. The van der Waals surface area contributed by atoms with Crippen molar-refractivity contribution < 1.29 is 4.74 Å². The normalized spacial score (nSPS) is 29.4. The van der Waals surface area contributed by atoms with Gasteiger partial charge in [0.05, 0.1) is 11.6 Å². The summed E-state index contributed by atoms with van der Waals surface area (Å²) in [6.45, 7) is 8.98. The molecule has 0 aliphatic carbocycles. The van der Waals surface area contributed by atoms with Crippen LogP contribution >= 0.6 is 0 Å². The van der Waals surface area contributed by atoms with E-state index in [4.69, 9.17) is 4.74 Å². The highest BCUT2D eigenvalue weighted by molar-refractivity contribution is 5.39. The molecule has 16 heavy (non-hydrogen) atoms. The third kappa shape index (κ3) is 2.16. The third-order valence-electron chi connectivity index (χ3n) is 3.27. The topological polar surface area (TPSA) is 47.0 Å². The quantitative estimate of drug-likeness (QED) is 0.830. The zero-order valence-corrected chi connectivity index (χ0v) is 10.4. The molecule has 2 rings (SSSR count). The van der Waals surface area contributed by atoms with Gasteiger partial charge in [0.15, 0.2) is 0 Å². The summed E-state index contributed by atoms with van der Waals surface area (Å²) in [4.78, 5) is 8.67. The molecule has 0 radical (unpaired) electrons. The highest BCUT2D eigenvalue weighted by Crippen LogP contribution is 2.28. The lowest BCUT2D eigenvalue weighted by atomic mass is 9.95. The van der Waals surface area contributed by atoms with Crippen LogP contribution in [0.1, 0.15) is 31.8 Å². The molecule has 88 valence electrons. The molecule has 1 fully saturated rings. The molecule has 1 aliphatic heterocycles. The van der Waals surface area contributed by atoms with Gasteiger partial charge in [-0.3, -0.25) is 0 Å². The number of nitrogens with zero attached hydrogens (tertiary/aromatic N) is 2. The second-order valence-electron chi connectivity index (χ2n) is 4.75. The second-order valence-corrected chi connectivity index (χ2v) is 4.75. The van der Waals surface area contributed by atoms with Gasteiger partial charge in [0, 0.05) is 18.4 Å². The van der Waals surface area contributed by atoms with Crippen molar-refractivity contribution in [2.24, 2.45) is 0 Å². The summed E-state index contributed by atoms with van der Waals surface area (Å²) in [6.07, 6.45) is 1.22. The first kappa shape index (κ1) is 11.3. The smallest absolute Gasteiger partial charge is 0.130 e. The summed E-state index contributed by atoms with van der Waals surface area (Å²) < 4.78 is 5.60. The molecular weight excluding hydrogens is 202 g/mol. The van der Waals surface area contributed by atoms with Crippen molar-refractivity contribution in [3.05, 3.63) is 17.6 Å². The van der Waals surface area contributed by atoms with Gasteiger partial charge < -0.3 is 10.1 Å². The standard InChI is InChI=1S/C12H19N3O/c1-8-7-11(14-10(3)13-8)15-12(4)5-6-16-9(12)2/h7,9H,5-6H2,1-4H3,(H,13,14,15). The predicted octanol–water partition coefficient (Wildman–Crippen LogP) is 2.07. The molecule has 0 saturated carbocycles. The van der Waals surface area contributed by atoms with Crippen LogP contribution in [0.3, 0.4) is 0 Å². The third-order valence-corrected chi connectivity index (χ3v) is 3.27. The summed E-state index contributed by atoms with van der Waals surface area (Å²) >= 11 is 0. The summed E-state index contributed by atoms with van der Waals surface area (Å²) in [5.41, 5.74) is 0.970. The molecule has 2 heterocycles. The molecule has 2 unspecified atom stereocenters. The van der Waals surface area contributed by atoms with Crippen LogP contribution in [0.15, 0.2) is 6.07 Å². The molecule has 0 aromatic carbocycles. The maximum Gasteiger partial charge on any atom is 0.130 e. The van der Waals surface area contributed by atoms with Gasteiger partial charge in [-0.05, 0) is 34.1 Å². The monoisotopic (exact) mass is 221 g/mol. The first-order chi connectivity index (χ1) is 7.49. The molecular formula is C12H19N3O. The maximum absolute atomic E-state index is 5.60. The number of hydrogen-bond acceptors (Lipinski definition) is 4. The van der Waals surface area contributed by atoms with Crippen LogP contribution < -0.4 is 5.32 Å². The number of rotatable bonds is 2. The van der Waals surface area contributed by atoms with Crippen LogP contribution in [0.25, 0.3) is 0 Å². The lowest BCUT2D eigenvalue weighted by molar-refractivity contribution is 0.105. The van der Waals surface area contributed by atoms with E-state index in [0.717, 1.165) is 30.4 Å².